The zero-order valence-corrected chi connectivity index (χ0v) is 8.49. The molecule has 88 valence electrons. The minimum Gasteiger partial charge on any atom is -0.356 e. The summed E-state index contributed by atoms with van der Waals surface area (Å²) in [5.41, 5.74) is 0. The lowest BCUT2D eigenvalue weighted by atomic mass is 10.2. The number of ketones is 1. The van der Waals surface area contributed by atoms with Crippen molar-refractivity contribution in [2.24, 2.45) is 0 Å². The summed E-state index contributed by atoms with van der Waals surface area (Å²) in [6.45, 7) is 2.28. The van der Waals surface area contributed by atoms with Crippen molar-refractivity contribution < 1.29 is 22.8 Å². The van der Waals surface area contributed by atoms with E-state index < -0.39 is 24.3 Å². The Morgan fingerprint density at radius 1 is 1.20 bits per heavy atom. The van der Waals surface area contributed by atoms with Crippen LogP contribution in [-0.4, -0.2) is 24.4 Å². The third kappa shape index (κ3) is 6.93. The molecule has 0 radical (unpaired) electrons. The van der Waals surface area contributed by atoms with Crippen LogP contribution >= 0.6 is 0 Å². The lowest BCUT2D eigenvalue weighted by Crippen LogP contribution is -2.32. The molecule has 0 aliphatic carbocycles. The van der Waals surface area contributed by atoms with E-state index in [-0.39, 0.29) is 0 Å². The summed E-state index contributed by atoms with van der Waals surface area (Å²) < 4.78 is 35.2. The van der Waals surface area contributed by atoms with E-state index in [4.69, 9.17) is 0 Å². The van der Waals surface area contributed by atoms with Gasteiger partial charge in [0.05, 0.1) is 6.42 Å². The van der Waals surface area contributed by atoms with E-state index in [1.807, 2.05) is 6.92 Å². The maximum Gasteiger partial charge on any atom is 0.450 e. The molecule has 0 heterocycles. The van der Waals surface area contributed by atoms with E-state index in [9.17, 15) is 22.8 Å². The SMILES string of the molecule is CCCCCNC(=O)CC(=O)C(F)(F)F. The molecular formula is C9H14F3NO2. The maximum absolute atomic E-state index is 11.7. The van der Waals surface area contributed by atoms with Crippen molar-refractivity contribution in [3.63, 3.8) is 0 Å². The smallest absolute Gasteiger partial charge is 0.356 e. The highest BCUT2D eigenvalue weighted by molar-refractivity contribution is 6.00. The highest BCUT2D eigenvalue weighted by Crippen LogP contribution is 2.17. The fourth-order valence-corrected chi connectivity index (χ4v) is 0.911. The molecular weight excluding hydrogens is 211 g/mol. The molecule has 3 nitrogen and oxygen atoms in total. The van der Waals surface area contributed by atoms with Crippen LogP contribution in [0.2, 0.25) is 0 Å². The zero-order chi connectivity index (χ0) is 11.9. The predicted octanol–water partition coefficient (Wildman–Crippen LogP) is 1.81. The third-order valence-corrected chi connectivity index (χ3v) is 1.74. The van der Waals surface area contributed by atoms with E-state index in [0.717, 1.165) is 12.8 Å². The topological polar surface area (TPSA) is 46.2 Å². The van der Waals surface area contributed by atoms with Crippen LogP contribution in [-0.2, 0) is 9.59 Å². The molecule has 6 heteroatoms. The second kappa shape index (κ2) is 6.42. The molecule has 0 aromatic heterocycles. The van der Waals surface area contributed by atoms with Crippen molar-refractivity contribution in [3.05, 3.63) is 0 Å². The van der Waals surface area contributed by atoms with Crippen LogP contribution in [0.15, 0.2) is 0 Å². The first kappa shape index (κ1) is 13.9. The Morgan fingerprint density at radius 3 is 2.27 bits per heavy atom. The van der Waals surface area contributed by atoms with Crippen LogP contribution in [0.5, 0.6) is 0 Å². The van der Waals surface area contributed by atoms with Gasteiger partial charge in [0, 0.05) is 6.54 Å². The Morgan fingerprint density at radius 2 is 1.80 bits per heavy atom. The summed E-state index contributed by atoms with van der Waals surface area (Å²) in [4.78, 5) is 21.2. The van der Waals surface area contributed by atoms with Crippen molar-refractivity contribution in [2.75, 3.05) is 6.54 Å². The molecule has 0 bridgehead atoms. The van der Waals surface area contributed by atoms with Gasteiger partial charge < -0.3 is 5.32 Å². The van der Waals surface area contributed by atoms with Gasteiger partial charge in [-0.15, -0.1) is 0 Å². The standard InChI is InChI=1S/C9H14F3NO2/c1-2-3-4-5-13-8(15)6-7(14)9(10,11)12/h2-6H2,1H3,(H,13,15). The first-order valence-electron chi connectivity index (χ1n) is 4.74. The Labute approximate surface area is 86.0 Å². The molecule has 15 heavy (non-hydrogen) atoms. The number of unbranched alkanes of at least 4 members (excludes halogenated alkanes) is 2. The summed E-state index contributed by atoms with van der Waals surface area (Å²) in [5.74, 6) is -2.87. The number of amides is 1. The Balaban J connectivity index is 3.71. The second-order valence-corrected chi connectivity index (χ2v) is 3.15. The molecule has 1 amide bonds. The summed E-state index contributed by atoms with van der Waals surface area (Å²) in [7, 11) is 0. The van der Waals surface area contributed by atoms with Gasteiger partial charge >= 0.3 is 6.18 Å². The third-order valence-electron chi connectivity index (χ3n) is 1.74. The highest BCUT2D eigenvalue weighted by Gasteiger charge is 2.38. The highest BCUT2D eigenvalue weighted by atomic mass is 19.4. The Bertz CT molecular complexity index is 226. The van der Waals surface area contributed by atoms with Crippen LogP contribution in [0.1, 0.15) is 32.6 Å². The lowest BCUT2D eigenvalue weighted by molar-refractivity contribution is -0.172. The van der Waals surface area contributed by atoms with Gasteiger partial charge in [-0.1, -0.05) is 19.8 Å². The summed E-state index contributed by atoms with van der Waals surface area (Å²) in [6.07, 6.45) is -3.47. The molecule has 0 aromatic carbocycles. The molecule has 0 atom stereocenters. The van der Waals surface area contributed by atoms with Crippen LogP contribution < -0.4 is 5.32 Å². The van der Waals surface area contributed by atoms with E-state index >= 15 is 0 Å². The molecule has 0 rings (SSSR count). The number of hydrogen-bond acceptors (Lipinski definition) is 2. The fraction of sp³-hybridized carbons (Fsp3) is 0.778. The molecule has 1 N–H and O–H groups in total. The minimum atomic E-state index is -4.92. The van der Waals surface area contributed by atoms with Gasteiger partial charge in [-0.05, 0) is 6.42 Å². The largest absolute Gasteiger partial charge is 0.450 e. The quantitative estimate of drug-likeness (QED) is 0.553. The molecule has 0 fully saturated rings. The fourth-order valence-electron chi connectivity index (χ4n) is 0.911. The average molecular weight is 225 g/mol. The zero-order valence-electron chi connectivity index (χ0n) is 8.49. The first-order chi connectivity index (χ1) is 6.88. The van der Waals surface area contributed by atoms with E-state index in [2.05, 4.69) is 5.32 Å². The molecule has 0 saturated carbocycles. The summed E-state index contributed by atoms with van der Waals surface area (Å²) in [5, 5.41) is 2.26. The Hall–Kier alpha value is -1.07. The number of hydrogen-bond donors (Lipinski definition) is 1. The first-order valence-corrected chi connectivity index (χ1v) is 4.74. The van der Waals surface area contributed by atoms with E-state index in [1.54, 1.807) is 0 Å². The van der Waals surface area contributed by atoms with Gasteiger partial charge in [-0.25, -0.2) is 0 Å². The van der Waals surface area contributed by atoms with Gasteiger partial charge in [0.2, 0.25) is 11.7 Å². The number of rotatable bonds is 6. The lowest BCUT2D eigenvalue weighted by Gasteiger charge is -2.06. The molecule has 0 saturated heterocycles. The number of halogens is 3. The van der Waals surface area contributed by atoms with Crippen LogP contribution in [0.3, 0.4) is 0 Å². The van der Waals surface area contributed by atoms with Gasteiger partial charge in [-0.2, -0.15) is 13.2 Å². The maximum atomic E-state index is 11.7. The predicted molar refractivity (Wildman–Crippen MR) is 48.2 cm³/mol. The summed E-state index contributed by atoms with van der Waals surface area (Å²) in [6, 6.07) is 0. The van der Waals surface area contributed by atoms with Crippen LogP contribution in [0.25, 0.3) is 0 Å². The van der Waals surface area contributed by atoms with Crippen molar-refractivity contribution in [1.82, 2.24) is 5.32 Å². The molecule has 0 spiro atoms. The van der Waals surface area contributed by atoms with Crippen LogP contribution in [0.4, 0.5) is 13.2 Å². The average Bonchev–Trinajstić information content (AvgIpc) is 2.11. The molecule has 0 aliphatic rings. The number of alkyl halides is 3. The van der Waals surface area contributed by atoms with Crippen molar-refractivity contribution in [2.45, 2.75) is 38.8 Å². The van der Waals surface area contributed by atoms with E-state index in [1.165, 1.54) is 0 Å². The van der Waals surface area contributed by atoms with E-state index in [0.29, 0.717) is 13.0 Å². The molecule has 0 aromatic rings. The monoisotopic (exact) mass is 225 g/mol. The number of carbonyl (C=O) groups excluding carboxylic acids is 2. The van der Waals surface area contributed by atoms with Crippen molar-refractivity contribution in [1.29, 1.82) is 0 Å². The Kier molecular flexibility index (Phi) is 5.96. The summed E-state index contributed by atoms with van der Waals surface area (Å²) >= 11 is 0. The molecule has 0 aliphatic heterocycles. The van der Waals surface area contributed by atoms with Crippen molar-refractivity contribution >= 4 is 11.7 Å². The van der Waals surface area contributed by atoms with Crippen molar-refractivity contribution in [3.8, 4) is 0 Å². The van der Waals surface area contributed by atoms with Gasteiger partial charge in [0.15, 0.2) is 0 Å². The second-order valence-electron chi connectivity index (χ2n) is 3.15. The number of nitrogens with one attached hydrogen (secondary N) is 1. The normalized spacial score (nSPS) is 11.2. The van der Waals surface area contributed by atoms with Gasteiger partial charge in [-0.3, -0.25) is 9.59 Å². The van der Waals surface area contributed by atoms with Gasteiger partial charge in [0.25, 0.3) is 0 Å². The van der Waals surface area contributed by atoms with Crippen LogP contribution in [0, 0.1) is 0 Å². The number of carbonyl (C=O) groups is 2. The number of Topliss-reactive ketones (excluding diaryl/α,β-unsaturated/α-hetero) is 1. The minimum absolute atomic E-state index is 0.317. The molecule has 0 unspecified atom stereocenters. The van der Waals surface area contributed by atoms with Gasteiger partial charge in [0.1, 0.15) is 0 Å².